The zero-order valence-electron chi connectivity index (χ0n) is 18.5. The summed E-state index contributed by atoms with van der Waals surface area (Å²) < 4.78 is 27.4. The fraction of sp³-hybridized carbons (Fsp3) is 0.696. The fourth-order valence-corrected chi connectivity index (χ4v) is 5.91. The van der Waals surface area contributed by atoms with Crippen molar-refractivity contribution >= 4 is 15.9 Å². The van der Waals surface area contributed by atoms with Gasteiger partial charge in [0.2, 0.25) is 15.9 Å². The fourth-order valence-electron chi connectivity index (χ4n) is 4.44. The third-order valence-corrected chi connectivity index (χ3v) is 8.09. The zero-order chi connectivity index (χ0) is 21.6. The minimum atomic E-state index is -3.49. The quantitative estimate of drug-likeness (QED) is 0.606. The van der Waals surface area contributed by atoms with Crippen molar-refractivity contribution in [3.63, 3.8) is 0 Å². The van der Waals surface area contributed by atoms with E-state index in [0.717, 1.165) is 24.9 Å². The van der Waals surface area contributed by atoms with Gasteiger partial charge in [0.25, 0.3) is 0 Å². The van der Waals surface area contributed by atoms with Crippen molar-refractivity contribution in [3.05, 3.63) is 29.8 Å². The van der Waals surface area contributed by atoms with Crippen LogP contribution < -0.4 is 5.32 Å². The Morgan fingerprint density at radius 3 is 2.30 bits per heavy atom. The molecule has 0 aromatic heterocycles. The summed E-state index contributed by atoms with van der Waals surface area (Å²) in [7, 11) is -3.49. The summed E-state index contributed by atoms with van der Waals surface area (Å²) in [5, 5.41) is 3.05. The Labute approximate surface area is 182 Å². The number of benzene rings is 1. The van der Waals surface area contributed by atoms with Crippen LogP contribution in [-0.2, 0) is 21.2 Å². The molecular weight excluding hydrogens is 398 g/mol. The summed E-state index contributed by atoms with van der Waals surface area (Å²) in [6, 6.07) is 7.25. The molecule has 0 bridgehead atoms. The Morgan fingerprint density at radius 1 is 1.07 bits per heavy atom. The summed E-state index contributed by atoms with van der Waals surface area (Å²) in [5.74, 6) is 0.529. The van der Waals surface area contributed by atoms with E-state index in [9.17, 15) is 13.2 Å². The van der Waals surface area contributed by atoms with Crippen LogP contribution in [0.2, 0.25) is 0 Å². The van der Waals surface area contributed by atoms with Gasteiger partial charge in [-0.15, -0.1) is 0 Å². The van der Waals surface area contributed by atoms with Crippen molar-refractivity contribution in [1.29, 1.82) is 0 Å². The average Bonchev–Trinajstić information content (AvgIpc) is 3.25. The molecular formula is C23H37N3O3S. The number of hydrogen-bond acceptors (Lipinski definition) is 4. The van der Waals surface area contributed by atoms with Crippen molar-refractivity contribution < 1.29 is 13.2 Å². The number of rotatable bonds is 9. The molecule has 2 aliphatic rings. The highest BCUT2D eigenvalue weighted by Gasteiger charge is 2.32. The van der Waals surface area contributed by atoms with Gasteiger partial charge in [0.1, 0.15) is 0 Å². The molecule has 0 saturated carbocycles. The van der Waals surface area contributed by atoms with E-state index in [2.05, 4.69) is 24.1 Å². The molecule has 168 valence electrons. The molecule has 2 heterocycles. The second kappa shape index (κ2) is 10.7. The first-order valence-electron chi connectivity index (χ1n) is 11.5. The minimum absolute atomic E-state index is 0.0755. The van der Waals surface area contributed by atoms with Crippen molar-refractivity contribution in [2.45, 2.75) is 57.3 Å². The van der Waals surface area contributed by atoms with Crippen molar-refractivity contribution in [3.8, 4) is 0 Å². The van der Waals surface area contributed by atoms with Crippen molar-refractivity contribution in [2.24, 2.45) is 11.8 Å². The molecule has 2 aliphatic heterocycles. The molecule has 1 N–H and O–H groups in total. The number of likely N-dealkylation sites (tertiary alicyclic amines) is 1. The van der Waals surface area contributed by atoms with Gasteiger partial charge in [0.05, 0.1) is 4.90 Å². The van der Waals surface area contributed by atoms with Crippen LogP contribution in [0.5, 0.6) is 0 Å². The molecule has 3 rings (SSSR count). The average molecular weight is 436 g/mol. The van der Waals surface area contributed by atoms with E-state index in [1.54, 1.807) is 12.1 Å². The number of nitrogens with zero attached hydrogens (tertiary/aromatic N) is 2. The first kappa shape index (κ1) is 23.2. The molecule has 7 heteroatoms. The second-order valence-corrected chi connectivity index (χ2v) is 11.1. The van der Waals surface area contributed by atoms with E-state index in [-0.39, 0.29) is 11.8 Å². The summed E-state index contributed by atoms with van der Waals surface area (Å²) in [6.07, 6.45) is 5.67. The summed E-state index contributed by atoms with van der Waals surface area (Å²) in [5.41, 5.74) is 1.16. The molecule has 1 aromatic rings. The third kappa shape index (κ3) is 6.28. The van der Waals surface area contributed by atoms with Crippen molar-refractivity contribution in [2.75, 3.05) is 39.3 Å². The van der Waals surface area contributed by atoms with Crippen LogP contribution in [0.25, 0.3) is 0 Å². The van der Waals surface area contributed by atoms with E-state index in [1.807, 2.05) is 12.1 Å². The van der Waals surface area contributed by atoms with Gasteiger partial charge < -0.3 is 10.2 Å². The highest BCUT2D eigenvalue weighted by atomic mass is 32.2. The smallest absolute Gasteiger partial charge is 0.243 e. The van der Waals surface area contributed by atoms with E-state index in [1.165, 1.54) is 30.2 Å². The molecule has 2 saturated heterocycles. The monoisotopic (exact) mass is 435 g/mol. The normalized spacial score (nSPS) is 19.4. The van der Waals surface area contributed by atoms with Gasteiger partial charge in [0, 0.05) is 25.6 Å². The first-order valence-corrected chi connectivity index (χ1v) is 12.9. The summed E-state index contributed by atoms with van der Waals surface area (Å²) in [6.45, 7) is 9.23. The summed E-state index contributed by atoms with van der Waals surface area (Å²) >= 11 is 0. The largest absolute Gasteiger partial charge is 0.356 e. The van der Waals surface area contributed by atoms with Crippen LogP contribution >= 0.6 is 0 Å². The van der Waals surface area contributed by atoms with Crippen LogP contribution in [-0.4, -0.2) is 62.8 Å². The van der Waals surface area contributed by atoms with Gasteiger partial charge >= 0.3 is 0 Å². The number of carbonyl (C=O) groups is 1. The van der Waals surface area contributed by atoms with E-state index in [4.69, 9.17) is 0 Å². The van der Waals surface area contributed by atoms with Gasteiger partial charge in [-0.1, -0.05) is 26.0 Å². The van der Waals surface area contributed by atoms with Crippen LogP contribution in [0.4, 0.5) is 0 Å². The molecule has 1 amide bonds. The lowest BCUT2D eigenvalue weighted by molar-refractivity contribution is -0.126. The Hall–Kier alpha value is -1.44. The van der Waals surface area contributed by atoms with Gasteiger partial charge in [0.15, 0.2) is 0 Å². The molecule has 0 aliphatic carbocycles. The van der Waals surface area contributed by atoms with E-state index in [0.29, 0.717) is 43.3 Å². The van der Waals surface area contributed by atoms with E-state index < -0.39 is 10.0 Å². The Kier molecular flexibility index (Phi) is 8.31. The zero-order valence-corrected chi connectivity index (χ0v) is 19.3. The lowest BCUT2D eigenvalue weighted by atomic mass is 9.97. The number of amides is 1. The Balaban J connectivity index is 1.43. The topological polar surface area (TPSA) is 69.7 Å². The molecule has 0 radical (unpaired) electrons. The van der Waals surface area contributed by atoms with E-state index >= 15 is 0 Å². The van der Waals surface area contributed by atoms with Crippen LogP contribution in [0.15, 0.2) is 29.2 Å². The number of carbonyl (C=O) groups excluding carboxylic acids is 1. The maximum Gasteiger partial charge on any atom is 0.243 e. The molecule has 0 unspecified atom stereocenters. The third-order valence-electron chi connectivity index (χ3n) is 6.18. The van der Waals surface area contributed by atoms with Gasteiger partial charge in [-0.2, -0.15) is 4.31 Å². The number of sulfonamides is 1. The second-order valence-electron chi connectivity index (χ2n) is 9.11. The van der Waals surface area contributed by atoms with Gasteiger partial charge in [-0.3, -0.25) is 4.79 Å². The molecule has 1 aromatic carbocycles. The molecule has 2 fully saturated rings. The lowest BCUT2D eigenvalue weighted by Gasteiger charge is -2.30. The summed E-state index contributed by atoms with van der Waals surface area (Å²) in [4.78, 5) is 15.2. The molecule has 0 spiro atoms. The molecule has 30 heavy (non-hydrogen) atoms. The predicted molar refractivity (Wildman–Crippen MR) is 120 cm³/mol. The number of piperidine rings is 1. The van der Waals surface area contributed by atoms with Crippen molar-refractivity contribution in [1.82, 2.24) is 14.5 Å². The van der Waals surface area contributed by atoms with Crippen LogP contribution in [0.1, 0.15) is 51.5 Å². The maximum atomic E-state index is 13.0. The van der Waals surface area contributed by atoms with Gasteiger partial charge in [-0.05, 0) is 81.8 Å². The number of hydrogen-bond donors (Lipinski definition) is 1. The maximum absolute atomic E-state index is 13.0. The minimum Gasteiger partial charge on any atom is -0.356 e. The predicted octanol–water partition coefficient (Wildman–Crippen LogP) is 2.89. The lowest BCUT2D eigenvalue weighted by Crippen LogP contribution is -2.43. The SMILES string of the molecule is CC(C)Cc1ccc(S(=O)(=O)N2CCC(C(=O)NCCCN3CCCC3)CC2)cc1. The highest BCUT2D eigenvalue weighted by molar-refractivity contribution is 7.89. The Bertz CT molecular complexity index is 778. The number of nitrogens with one attached hydrogen (secondary N) is 1. The van der Waals surface area contributed by atoms with Crippen LogP contribution in [0.3, 0.4) is 0 Å². The van der Waals surface area contributed by atoms with Crippen LogP contribution in [0, 0.1) is 11.8 Å². The molecule has 0 atom stereocenters. The standard InChI is InChI=1S/C23H37N3O3S/c1-19(2)18-20-6-8-22(9-7-20)30(28,29)26-16-10-21(11-17-26)23(27)24-12-5-15-25-13-3-4-14-25/h6-9,19,21H,3-5,10-18H2,1-2H3,(H,24,27). The van der Waals surface area contributed by atoms with Gasteiger partial charge in [-0.25, -0.2) is 8.42 Å². The molecule has 6 nitrogen and oxygen atoms in total. The highest BCUT2D eigenvalue weighted by Crippen LogP contribution is 2.24. The first-order chi connectivity index (χ1) is 14.4. The Morgan fingerprint density at radius 2 is 1.70 bits per heavy atom.